The van der Waals surface area contributed by atoms with E-state index in [2.05, 4.69) is 16.0 Å². The van der Waals surface area contributed by atoms with Gasteiger partial charge >= 0.3 is 12.1 Å². The fraction of sp³-hybridized carbons (Fsp3) is 0.632. The van der Waals surface area contributed by atoms with Crippen LogP contribution in [-0.2, 0) is 22.3 Å². The highest BCUT2D eigenvalue weighted by Gasteiger charge is 2.26. The van der Waals surface area contributed by atoms with Gasteiger partial charge in [-0.15, -0.1) is 11.3 Å². The van der Waals surface area contributed by atoms with Crippen molar-refractivity contribution >= 4 is 45.7 Å². The van der Waals surface area contributed by atoms with Crippen molar-refractivity contribution in [1.29, 1.82) is 0 Å². The Morgan fingerprint density at radius 2 is 1.82 bits per heavy atom. The molecule has 0 aromatic carbocycles. The maximum Gasteiger partial charge on any atom is 0.407 e. The summed E-state index contributed by atoms with van der Waals surface area (Å²) in [5.41, 5.74) is 1.17. The molecule has 0 bridgehead atoms. The predicted molar refractivity (Wildman–Crippen MR) is 115 cm³/mol. The highest BCUT2D eigenvalue weighted by Crippen LogP contribution is 2.38. The molecular formula is C19H29N3O4S2. The minimum absolute atomic E-state index is 0.307. The molecule has 1 aromatic heterocycles. The molecular weight excluding hydrogens is 398 g/mol. The number of ether oxygens (including phenoxy) is 2. The molecule has 1 heterocycles. The van der Waals surface area contributed by atoms with E-state index in [1.807, 2.05) is 20.8 Å². The summed E-state index contributed by atoms with van der Waals surface area (Å²) >= 11 is 6.91. The number of esters is 1. The number of carbonyl (C=O) groups excluding carboxylic acids is 2. The van der Waals surface area contributed by atoms with Crippen LogP contribution in [0, 0.1) is 0 Å². The standard InChI is InChI=1S/C19H29N3O4S2/c1-5-25-16(23)14-12-8-6-7-9-13(12)28-15(14)22-17(27)20-10-11-21-18(24)26-19(2,3)4/h5-11H2,1-4H3,(H,21,24)(H2,20,22,27). The van der Waals surface area contributed by atoms with E-state index in [0.717, 1.165) is 36.2 Å². The van der Waals surface area contributed by atoms with Gasteiger partial charge in [0, 0.05) is 18.0 Å². The van der Waals surface area contributed by atoms with Gasteiger partial charge in [0.15, 0.2) is 5.11 Å². The number of thiocarbonyl (C=S) groups is 1. The zero-order chi connectivity index (χ0) is 20.7. The molecule has 0 radical (unpaired) electrons. The topological polar surface area (TPSA) is 88.7 Å². The maximum atomic E-state index is 12.4. The van der Waals surface area contributed by atoms with Gasteiger partial charge in [0.2, 0.25) is 0 Å². The smallest absolute Gasteiger partial charge is 0.407 e. The number of fused-ring (bicyclic) bond motifs is 1. The van der Waals surface area contributed by atoms with E-state index in [-0.39, 0.29) is 5.97 Å². The fourth-order valence-corrected chi connectivity index (χ4v) is 4.43. The molecule has 0 saturated heterocycles. The normalized spacial score (nSPS) is 13.3. The van der Waals surface area contributed by atoms with Gasteiger partial charge in [-0.3, -0.25) is 0 Å². The second-order valence-electron chi connectivity index (χ2n) is 7.45. The average molecular weight is 428 g/mol. The Kier molecular flexibility index (Phi) is 8.06. The first-order chi connectivity index (χ1) is 13.2. The Hall–Kier alpha value is -1.87. The molecule has 2 rings (SSSR count). The predicted octanol–water partition coefficient (Wildman–Crippen LogP) is 3.61. The Balaban J connectivity index is 1.90. The third kappa shape index (κ3) is 6.63. The molecule has 0 aliphatic heterocycles. The van der Waals surface area contributed by atoms with E-state index in [1.54, 1.807) is 18.3 Å². The minimum atomic E-state index is -0.532. The second kappa shape index (κ2) is 10.1. The second-order valence-corrected chi connectivity index (χ2v) is 8.96. The van der Waals surface area contributed by atoms with Crippen LogP contribution in [0.25, 0.3) is 0 Å². The number of anilines is 1. The van der Waals surface area contributed by atoms with Crippen LogP contribution < -0.4 is 16.0 Å². The van der Waals surface area contributed by atoms with Crippen molar-refractivity contribution in [2.45, 2.75) is 59.0 Å². The van der Waals surface area contributed by atoms with Crippen molar-refractivity contribution in [3.8, 4) is 0 Å². The highest BCUT2D eigenvalue weighted by molar-refractivity contribution is 7.80. The van der Waals surface area contributed by atoms with E-state index in [0.29, 0.717) is 30.4 Å². The average Bonchev–Trinajstić information content (AvgIpc) is 2.95. The van der Waals surface area contributed by atoms with Gasteiger partial charge < -0.3 is 25.4 Å². The van der Waals surface area contributed by atoms with Crippen LogP contribution in [0.4, 0.5) is 9.80 Å². The van der Waals surface area contributed by atoms with Crippen molar-refractivity contribution in [2.24, 2.45) is 0 Å². The number of amides is 1. The van der Waals surface area contributed by atoms with Crippen LogP contribution in [0.3, 0.4) is 0 Å². The number of nitrogens with one attached hydrogen (secondary N) is 3. The lowest BCUT2D eigenvalue weighted by atomic mass is 9.95. The molecule has 7 nitrogen and oxygen atoms in total. The quantitative estimate of drug-likeness (QED) is 0.363. The van der Waals surface area contributed by atoms with E-state index in [9.17, 15) is 9.59 Å². The first-order valence-electron chi connectivity index (χ1n) is 9.54. The number of thiophene rings is 1. The van der Waals surface area contributed by atoms with E-state index >= 15 is 0 Å². The van der Waals surface area contributed by atoms with Crippen LogP contribution in [-0.4, -0.2) is 42.5 Å². The fourth-order valence-electron chi connectivity index (χ4n) is 2.88. The SMILES string of the molecule is CCOC(=O)c1c(NC(=S)NCCNC(=O)OC(C)(C)C)sc2c1CCCC2. The molecule has 0 saturated carbocycles. The monoisotopic (exact) mass is 427 g/mol. The number of carbonyl (C=O) groups is 2. The van der Waals surface area contributed by atoms with Crippen molar-refractivity contribution < 1.29 is 19.1 Å². The lowest BCUT2D eigenvalue weighted by Gasteiger charge is -2.19. The van der Waals surface area contributed by atoms with Gasteiger partial charge in [-0.25, -0.2) is 9.59 Å². The molecule has 9 heteroatoms. The number of hydrogen-bond acceptors (Lipinski definition) is 6. The molecule has 1 aliphatic carbocycles. The molecule has 156 valence electrons. The van der Waals surface area contributed by atoms with Gasteiger partial charge in [0.1, 0.15) is 10.6 Å². The molecule has 1 aliphatic rings. The Labute approximate surface area is 175 Å². The first-order valence-corrected chi connectivity index (χ1v) is 10.8. The molecule has 3 N–H and O–H groups in total. The molecule has 1 amide bonds. The highest BCUT2D eigenvalue weighted by atomic mass is 32.1. The summed E-state index contributed by atoms with van der Waals surface area (Å²) in [6.07, 6.45) is 3.61. The van der Waals surface area contributed by atoms with Gasteiger partial charge in [-0.2, -0.15) is 0 Å². The lowest BCUT2D eigenvalue weighted by molar-refractivity contribution is 0.0517. The van der Waals surface area contributed by atoms with Crippen molar-refractivity contribution in [3.63, 3.8) is 0 Å². The third-order valence-corrected chi connectivity index (χ3v) is 5.41. The first kappa shape index (κ1) is 22.4. The summed E-state index contributed by atoms with van der Waals surface area (Å²) in [7, 11) is 0. The minimum Gasteiger partial charge on any atom is -0.462 e. The van der Waals surface area contributed by atoms with Gasteiger partial charge in [0.05, 0.1) is 12.2 Å². The number of alkyl carbamates (subject to hydrolysis) is 1. The molecule has 0 fully saturated rings. The van der Waals surface area contributed by atoms with Crippen molar-refractivity contribution in [3.05, 3.63) is 16.0 Å². The Bertz CT molecular complexity index is 725. The Morgan fingerprint density at radius 1 is 1.14 bits per heavy atom. The zero-order valence-electron chi connectivity index (χ0n) is 16.9. The Morgan fingerprint density at radius 3 is 2.50 bits per heavy atom. The summed E-state index contributed by atoms with van der Waals surface area (Å²) in [5.74, 6) is -0.307. The summed E-state index contributed by atoms with van der Waals surface area (Å²) < 4.78 is 10.4. The van der Waals surface area contributed by atoms with Crippen LogP contribution in [0.15, 0.2) is 0 Å². The van der Waals surface area contributed by atoms with E-state index < -0.39 is 11.7 Å². The number of aryl methyl sites for hydroxylation is 1. The van der Waals surface area contributed by atoms with E-state index in [1.165, 1.54) is 4.88 Å². The number of hydrogen-bond donors (Lipinski definition) is 3. The maximum absolute atomic E-state index is 12.4. The lowest BCUT2D eigenvalue weighted by Crippen LogP contribution is -2.39. The summed E-state index contributed by atoms with van der Waals surface area (Å²) in [4.78, 5) is 25.3. The molecule has 0 atom stereocenters. The summed E-state index contributed by atoms with van der Waals surface area (Å²) in [6, 6.07) is 0. The molecule has 0 spiro atoms. The van der Waals surface area contributed by atoms with Crippen molar-refractivity contribution in [1.82, 2.24) is 10.6 Å². The number of rotatable bonds is 6. The van der Waals surface area contributed by atoms with Gasteiger partial charge in [-0.1, -0.05) is 0 Å². The van der Waals surface area contributed by atoms with Crippen LogP contribution >= 0.6 is 23.6 Å². The molecule has 28 heavy (non-hydrogen) atoms. The van der Waals surface area contributed by atoms with Crippen LogP contribution in [0.5, 0.6) is 0 Å². The largest absolute Gasteiger partial charge is 0.462 e. The summed E-state index contributed by atoms with van der Waals surface area (Å²) in [5, 5.41) is 9.95. The molecule has 1 aromatic rings. The molecule has 0 unspecified atom stereocenters. The van der Waals surface area contributed by atoms with Crippen molar-refractivity contribution in [2.75, 3.05) is 25.0 Å². The van der Waals surface area contributed by atoms with Gasteiger partial charge in [0.25, 0.3) is 0 Å². The van der Waals surface area contributed by atoms with Crippen LogP contribution in [0.1, 0.15) is 61.3 Å². The van der Waals surface area contributed by atoms with Gasteiger partial charge in [-0.05, 0) is 71.2 Å². The van der Waals surface area contributed by atoms with E-state index in [4.69, 9.17) is 21.7 Å². The third-order valence-electron chi connectivity index (χ3n) is 3.96. The zero-order valence-corrected chi connectivity index (χ0v) is 18.5. The summed E-state index contributed by atoms with van der Waals surface area (Å²) in [6.45, 7) is 8.37. The van der Waals surface area contributed by atoms with Crippen LogP contribution in [0.2, 0.25) is 0 Å².